The number of benzene rings is 1. The van der Waals surface area contributed by atoms with Gasteiger partial charge in [-0.15, -0.1) is 0 Å². The molecular weight excluding hydrogens is 284 g/mol. The molecule has 0 radical (unpaired) electrons. The summed E-state index contributed by atoms with van der Waals surface area (Å²) in [6, 6.07) is 7.64. The molecule has 2 N–H and O–H groups in total. The van der Waals surface area contributed by atoms with Crippen molar-refractivity contribution in [1.29, 1.82) is 0 Å². The molecule has 1 amide bonds. The minimum absolute atomic E-state index is 0.119. The predicted octanol–water partition coefficient (Wildman–Crippen LogP) is 2.13. The summed E-state index contributed by atoms with van der Waals surface area (Å²) in [6.45, 7) is 6.46. The molecular formula is C16H24N2O2S. The summed E-state index contributed by atoms with van der Waals surface area (Å²) >= 11 is 1.73. The van der Waals surface area contributed by atoms with Crippen LogP contribution >= 0.6 is 11.8 Å². The van der Waals surface area contributed by atoms with Gasteiger partial charge in [0.1, 0.15) is 0 Å². The Morgan fingerprint density at radius 1 is 1.33 bits per heavy atom. The van der Waals surface area contributed by atoms with Crippen LogP contribution in [0, 0.1) is 0 Å². The molecule has 1 saturated heterocycles. The fraction of sp³-hybridized carbons (Fsp3) is 0.562. The van der Waals surface area contributed by atoms with Crippen LogP contribution < -0.4 is 10.2 Å². The maximum atomic E-state index is 12.1. The number of anilines is 1. The lowest BCUT2D eigenvalue weighted by Crippen LogP contribution is -2.42. The van der Waals surface area contributed by atoms with Crippen molar-refractivity contribution in [2.24, 2.45) is 0 Å². The van der Waals surface area contributed by atoms with Gasteiger partial charge in [-0.05, 0) is 50.3 Å². The highest BCUT2D eigenvalue weighted by molar-refractivity contribution is 7.99. The smallest absolute Gasteiger partial charge is 0.251 e. The van der Waals surface area contributed by atoms with E-state index < -0.39 is 5.60 Å². The van der Waals surface area contributed by atoms with Gasteiger partial charge in [-0.2, -0.15) is 11.8 Å². The fourth-order valence-electron chi connectivity index (χ4n) is 2.50. The van der Waals surface area contributed by atoms with Crippen molar-refractivity contribution in [3.8, 4) is 0 Å². The number of carbonyl (C=O) groups is 1. The third-order valence-corrected chi connectivity index (χ3v) is 5.15. The molecule has 1 unspecified atom stereocenters. The van der Waals surface area contributed by atoms with Crippen molar-refractivity contribution < 1.29 is 9.90 Å². The van der Waals surface area contributed by atoms with E-state index in [1.54, 1.807) is 11.8 Å². The second kappa shape index (κ2) is 7.18. The lowest BCUT2D eigenvalue weighted by molar-refractivity contribution is 0.0612. The largest absolute Gasteiger partial charge is 0.387 e. The van der Waals surface area contributed by atoms with E-state index in [-0.39, 0.29) is 5.91 Å². The van der Waals surface area contributed by atoms with Crippen LogP contribution in [0.1, 0.15) is 30.6 Å². The van der Waals surface area contributed by atoms with Crippen LogP contribution in [-0.4, -0.2) is 47.8 Å². The molecule has 1 fully saturated rings. The van der Waals surface area contributed by atoms with Crippen LogP contribution in [0.3, 0.4) is 0 Å². The minimum Gasteiger partial charge on any atom is -0.387 e. The summed E-state index contributed by atoms with van der Waals surface area (Å²) in [5.41, 5.74) is 1.03. The van der Waals surface area contributed by atoms with Gasteiger partial charge in [-0.25, -0.2) is 0 Å². The quantitative estimate of drug-likeness (QED) is 0.845. The predicted molar refractivity (Wildman–Crippen MR) is 89.2 cm³/mol. The highest BCUT2D eigenvalue weighted by atomic mass is 32.2. The average molecular weight is 308 g/mol. The van der Waals surface area contributed by atoms with Gasteiger partial charge in [0.25, 0.3) is 5.91 Å². The molecule has 0 spiro atoms. The van der Waals surface area contributed by atoms with Gasteiger partial charge in [0.2, 0.25) is 0 Å². The van der Waals surface area contributed by atoms with Gasteiger partial charge in [0.05, 0.1) is 5.60 Å². The maximum Gasteiger partial charge on any atom is 0.251 e. The molecule has 0 bridgehead atoms. The Balaban J connectivity index is 1.93. The third-order valence-electron chi connectivity index (χ3n) is 3.92. The fourth-order valence-corrected chi connectivity index (χ4v) is 3.79. The van der Waals surface area contributed by atoms with E-state index in [2.05, 4.69) is 24.1 Å². The molecule has 1 atom stereocenters. The molecule has 0 aliphatic carbocycles. The van der Waals surface area contributed by atoms with Crippen molar-refractivity contribution in [3.63, 3.8) is 0 Å². The Kier molecular flexibility index (Phi) is 5.53. The molecule has 1 heterocycles. The van der Waals surface area contributed by atoms with E-state index in [4.69, 9.17) is 0 Å². The van der Waals surface area contributed by atoms with E-state index in [0.29, 0.717) is 17.9 Å². The van der Waals surface area contributed by atoms with Crippen LogP contribution in [0.15, 0.2) is 24.3 Å². The molecule has 1 aromatic carbocycles. The average Bonchev–Trinajstić information content (AvgIpc) is 2.94. The van der Waals surface area contributed by atoms with Crippen LogP contribution in [-0.2, 0) is 0 Å². The number of carbonyl (C=O) groups excluding carboxylic acids is 1. The first kappa shape index (κ1) is 16.2. The summed E-state index contributed by atoms with van der Waals surface area (Å²) in [7, 11) is 0. The second-order valence-electron chi connectivity index (χ2n) is 5.43. The number of aliphatic hydroxyl groups is 1. The Bertz CT molecular complexity index is 466. The van der Waals surface area contributed by atoms with E-state index in [0.717, 1.165) is 31.0 Å². The number of rotatable bonds is 6. The van der Waals surface area contributed by atoms with Gasteiger partial charge in [0.15, 0.2) is 0 Å². The molecule has 2 rings (SSSR count). The normalized spacial score (nSPS) is 21.3. The maximum absolute atomic E-state index is 12.1. The first-order chi connectivity index (χ1) is 10.1. The van der Waals surface area contributed by atoms with E-state index in [1.165, 1.54) is 0 Å². The van der Waals surface area contributed by atoms with Crippen LogP contribution in [0.25, 0.3) is 0 Å². The lowest BCUT2D eigenvalue weighted by atomic mass is 10.0. The number of nitrogens with one attached hydrogen (secondary N) is 1. The van der Waals surface area contributed by atoms with Crippen molar-refractivity contribution in [1.82, 2.24) is 5.32 Å². The number of hydrogen-bond donors (Lipinski definition) is 2. The van der Waals surface area contributed by atoms with Crippen molar-refractivity contribution in [2.75, 3.05) is 36.0 Å². The monoisotopic (exact) mass is 308 g/mol. The highest BCUT2D eigenvalue weighted by Crippen LogP contribution is 2.27. The molecule has 5 heteroatoms. The van der Waals surface area contributed by atoms with E-state index >= 15 is 0 Å². The molecule has 1 aromatic rings. The van der Waals surface area contributed by atoms with Gasteiger partial charge < -0.3 is 15.3 Å². The zero-order chi connectivity index (χ0) is 15.3. The van der Waals surface area contributed by atoms with Crippen molar-refractivity contribution >= 4 is 23.4 Å². The number of thioether (sulfide) groups is 1. The molecule has 116 valence electrons. The van der Waals surface area contributed by atoms with Crippen molar-refractivity contribution in [2.45, 2.75) is 25.9 Å². The summed E-state index contributed by atoms with van der Waals surface area (Å²) in [5, 5.41) is 13.1. The number of amides is 1. The zero-order valence-electron chi connectivity index (χ0n) is 12.8. The Labute approximate surface area is 130 Å². The van der Waals surface area contributed by atoms with Gasteiger partial charge in [-0.1, -0.05) is 0 Å². The molecule has 1 aliphatic heterocycles. The molecule has 21 heavy (non-hydrogen) atoms. The van der Waals surface area contributed by atoms with Gasteiger partial charge >= 0.3 is 0 Å². The van der Waals surface area contributed by atoms with Crippen LogP contribution in [0.4, 0.5) is 5.69 Å². The lowest BCUT2D eigenvalue weighted by Gasteiger charge is -2.22. The standard InChI is InChI=1S/C16H24N2O2S/c1-3-18(4-2)14-7-5-13(6-8-14)15(19)17-11-16(20)9-10-21-12-16/h5-8,20H,3-4,9-12H2,1-2H3,(H,17,19). The zero-order valence-corrected chi connectivity index (χ0v) is 13.6. The number of nitrogens with zero attached hydrogens (tertiary/aromatic N) is 1. The van der Waals surface area contributed by atoms with E-state index in [1.807, 2.05) is 24.3 Å². The molecule has 4 nitrogen and oxygen atoms in total. The Hall–Kier alpha value is -1.20. The highest BCUT2D eigenvalue weighted by Gasteiger charge is 2.31. The minimum atomic E-state index is -0.735. The summed E-state index contributed by atoms with van der Waals surface area (Å²) in [5.74, 6) is 1.55. The molecule has 0 aromatic heterocycles. The first-order valence-corrected chi connectivity index (χ1v) is 8.67. The Morgan fingerprint density at radius 3 is 2.52 bits per heavy atom. The summed E-state index contributed by atoms with van der Waals surface area (Å²) in [4.78, 5) is 14.4. The topological polar surface area (TPSA) is 52.6 Å². The van der Waals surface area contributed by atoms with Crippen LogP contribution in [0.5, 0.6) is 0 Å². The Morgan fingerprint density at radius 2 is 2.00 bits per heavy atom. The second-order valence-corrected chi connectivity index (χ2v) is 6.53. The van der Waals surface area contributed by atoms with Gasteiger partial charge in [0, 0.05) is 36.6 Å². The summed E-state index contributed by atoms with van der Waals surface area (Å²) < 4.78 is 0. The molecule has 0 saturated carbocycles. The van der Waals surface area contributed by atoms with Crippen LogP contribution in [0.2, 0.25) is 0 Å². The molecule has 1 aliphatic rings. The summed E-state index contributed by atoms with van der Waals surface area (Å²) in [6.07, 6.45) is 0.749. The third kappa shape index (κ3) is 4.14. The van der Waals surface area contributed by atoms with E-state index in [9.17, 15) is 9.90 Å². The van der Waals surface area contributed by atoms with Gasteiger partial charge in [-0.3, -0.25) is 4.79 Å². The SMILES string of the molecule is CCN(CC)c1ccc(C(=O)NCC2(O)CCSC2)cc1. The number of hydrogen-bond acceptors (Lipinski definition) is 4. The van der Waals surface area contributed by atoms with Crippen molar-refractivity contribution in [3.05, 3.63) is 29.8 Å². The first-order valence-electron chi connectivity index (χ1n) is 7.51.